The molecule has 0 fully saturated rings. The van der Waals surface area contributed by atoms with Crippen molar-refractivity contribution < 1.29 is 76.5 Å². The van der Waals surface area contributed by atoms with Gasteiger partial charge in [-0.3, -0.25) is 33.8 Å². The molecule has 5 heterocycles. The van der Waals surface area contributed by atoms with E-state index in [2.05, 4.69) is 0 Å². The van der Waals surface area contributed by atoms with Crippen molar-refractivity contribution in [3.63, 3.8) is 0 Å². The van der Waals surface area contributed by atoms with Gasteiger partial charge in [-0.25, -0.2) is 4.98 Å². The van der Waals surface area contributed by atoms with Crippen molar-refractivity contribution in [3.05, 3.63) is 69.6 Å². The minimum atomic E-state index is -1.31. The fourth-order valence-corrected chi connectivity index (χ4v) is 8.29. The summed E-state index contributed by atoms with van der Waals surface area (Å²) in [5, 5.41) is 59.0. The molecule has 2 aromatic rings. The molecule has 6 N–H and O–H groups in total. The average Bonchev–Trinajstić information content (AvgIpc) is 3.70. The first-order chi connectivity index (χ1) is 26.2. The zero-order valence-electron chi connectivity index (χ0n) is 31.8. The molecule has 0 amide bonds. The summed E-state index contributed by atoms with van der Waals surface area (Å²) in [6, 6.07) is 6.45. The van der Waals surface area contributed by atoms with Gasteiger partial charge in [0.05, 0.1) is 24.2 Å². The average molecular weight is 829 g/mol. The summed E-state index contributed by atoms with van der Waals surface area (Å²) in [6.45, 7) is 6.82. The van der Waals surface area contributed by atoms with Crippen LogP contribution in [0, 0.1) is 6.92 Å². The molecule has 8 bridgehead atoms. The van der Waals surface area contributed by atoms with Gasteiger partial charge < -0.3 is 40.6 Å². The number of aryl methyl sites for hydroxylation is 2. The van der Waals surface area contributed by atoms with Gasteiger partial charge in [-0.1, -0.05) is 49.2 Å². The van der Waals surface area contributed by atoms with E-state index in [4.69, 9.17) is 19.9 Å². The van der Waals surface area contributed by atoms with Crippen molar-refractivity contribution in [2.45, 2.75) is 115 Å². The molecule has 4 atom stereocenters. The SMILES string of the molecule is CC1=C(CCC(=O)O)c2cc3[n-]c(cc4nc(cc5[n-]c(cc1n2)[C@@](C)(CC(=O)O)[C@H]5CCC(=O)O)[C@@](C)(CC(=O)O)[C@H]4CCC(=O)O)c(C)c3CCC(=O)O.[Fe+2]. The van der Waals surface area contributed by atoms with E-state index < -0.39 is 71.3 Å². The number of carboxylic acid groups (broad SMARTS) is 6. The van der Waals surface area contributed by atoms with Gasteiger partial charge in [0.15, 0.2) is 0 Å². The maximum absolute atomic E-state index is 12.5. The standard InChI is InChI=1S/C40H46N4O12.Fe/c1-19-21(5-9-33(45)46)27-14-28-22(6-10-34(47)48)20(2)26(42-28)15-31-40(4,18-38(55)56)24(8-12-36(51)52)30(44-31)16-32-39(3,17-37(53)54)23(7-11-35(49)50)29(43-32)13-25(19)41-27;/h13-16,23-24H,5-12,17-18H2,1-4H3,(H8,41,42,43,44,45,46,47,48,49,50,51,52,53,54,55,56);/q;+2/p-2/t23-,24-,39-,40-;/m0./s1. The van der Waals surface area contributed by atoms with Gasteiger partial charge >= 0.3 is 52.9 Å². The topological polar surface area (TPSA) is 278 Å². The van der Waals surface area contributed by atoms with Crippen LogP contribution in [0.5, 0.6) is 0 Å². The Kier molecular flexibility index (Phi) is 13.4. The fourth-order valence-electron chi connectivity index (χ4n) is 8.29. The van der Waals surface area contributed by atoms with Crippen molar-refractivity contribution in [2.75, 3.05) is 0 Å². The number of carboxylic acids is 6. The van der Waals surface area contributed by atoms with E-state index in [9.17, 15) is 59.4 Å². The third-order valence-electron chi connectivity index (χ3n) is 11.3. The number of carbonyl (C=O) groups is 6. The summed E-state index contributed by atoms with van der Waals surface area (Å²) in [6.07, 6.45) is -1.98. The first kappa shape index (κ1) is 44.2. The van der Waals surface area contributed by atoms with Crippen LogP contribution in [0.2, 0.25) is 0 Å². The zero-order valence-corrected chi connectivity index (χ0v) is 32.9. The zero-order chi connectivity index (χ0) is 41.3. The summed E-state index contributed by atoms with van der Waals surface area (Å²) in [5.41, 5.74) is 2.30. The van der Waals surface area contributed by atoms with Crippen LogP contribution < -0.4 is 9.97 Å². The molecule has 0 unspecified atom stereocenters. The second-order valence-corrected chi connectivity index (χ2v) is 15.1. The van der Waals surface area contributed by atoms with Crippen LogP contribution >= 0.6 is 0 Å². The first-order valence-corrected chi connectivity index (χ1v) is 18.2. The Hall–Kier alpha value is -5.54. The largest absolute Gasteiger partial charge is 2.00 e. The van der Waals surface area contributed by atoms with E-state index in [1.807, 2.05) is 0 Å². The molecule has 0 radical (unpaired) electrons. The van der Waals surface area contributed by atoms with Crippen LogP contribution in [0.4, 0.5) is 0 Å². The Labute approximate surface area is 337 Å². The van der Waals surface area contributed by atoms with Crippen molar-refractivity contribution in [2.24, 2.45) is 0 Å². The van der Waals surface area contributed by atoms with Crippen molar-refractivity contribution in [1.29, 1.82) is 0 Å². The summed E-state index contributed by atoms with van der Waals surface area (Å²) < 4.78 is 0. The molecule has 304 valence electrons. The minimum Gasteiger partial charge on any atom is -0.664 e. The van der Waals surface area contributed by atoms with E-state index in [0.29, 0.717) is 50.4 Å². The number of fused-ring (bicyclic) bond motifs is 8. The first-order valence-electron chi connectivity index (χ1n) is 18.2. The Morgan fingerprint density at radius 1 is 0.632 bits per heavy atom. The van der Waals surface area contributed by atoms with Crippen molar-refractivity contribution in [3.8, 4) is 0 Å². The van der Waals surface area contributed by atoms with E-state index in [0.717, 1.165) is 0 Å². The van der Waals surface area contributed by atoms with Crippen molar-refractivity contribution in [1.82, 2.24) is 19.9 Å². The molecule has 16 nitrogen and oxygen atoms in total. The van der Waals surface area contributed by atoms with Crippen molar-refractivity contribution >= 4 is 58.0 Å². The molecule has 3 aliphatic rings. The summed E-state index contributed by atoms with van der Waals surface area (Å²) in [7, 11) is 0. The quantitative estimate of drug-likeness (QED) is 0.119. The van der Waals surface area contributed by atoms with Crippen LogP contribution in [0.1, 0.15) is 136 Å². The number of hydrogen-bond donors (Lipinski definition) is 6. The van der Waals surface area contributed by atoms with E-state index in [-0.39, 0.29) is 85.5 Å². The number of aliphatic carboxylic acids is 6. The molecule has 17 heteroatoms. The Morgan fingerprint density at radius 3 is 1.77 bits per heavy atom. The van der Waals surface area contributed by atoms with Crippen LogP contribution in [0.3, 0.4) is 0 Å². The van der Waals surface area contributed by atoms with Gasteiger partial charge in [0.2, 0.25) is 0 Å². The molecule has 0 spiro atoms. The molecule has 57 heavy (non-hydrogen) atoms. The number of rotatable bonds is 16. The predicted octanol–water partition coefficient (Wildman–Crippen LogP) is 5.18. The van der Waals surface area contributed by atoms with Gasteiger partial charge in [-0.15, -0.1) is 11.0 Å². The van der Waals surface area contributed by atoms with Gasteiger partial charge in [0.1, 0.15) is 0 Å². The third-order valence-corrected chi connectivity index (χ3v) is 11.3. The van der Waals surface area contributed by atoms with Gasteiger partial charge in [0, 0.05) is 48.4 Å². The summed E-state index contributed by atoms with van der Waals surface area (Å²) in [4.78, 5) is 91.8. The second-order valence-electron chi connectivity index (χ2n) is 15.1. The van der Waals surface area contributed by atoms with Crippen LogP contribution in [-0.2, 0) is 63.1 Å². The Bertz CT molecular complexity index is 2240. The smallest absolute Gasteiger partial charge is 0.664 e. The summed E-state index contributed by atoms with van der Waals surface area (Å²) >= 11 is 0. The molecule has 0 saturated carbocycles. The molecule has 0 saturated heterocycles. The van der Waals surface area contributed by atoms with Gasteiger partial charge in [0.25, 0.3) is 0 Å². The number of hydrogen-bond acceptors (Lipinski definition) is 8. The number of allylic oxidation sites excluding steroid dienone is 2. The molecule has 5 rings (SSSR count). The summed E-state index contributed by atoms with van der Waals surface area (Å²) in [5.74, 6) is -8.27. The molecule has 2 aromatic heterocycles. The monoisotopic (exact) mass is 828 g/mol. The van der Waals surface area contributed by atoms with Crippen LogP contribution in [-0.4, -0.2) is 76.4 Å². The molecule has 3 aliphatic heterocycles. The van der Waals surface area contributed by atoms with Crippen LogP contribution in [0.25, 0.3) is 22.2 Å². The van der Waals surface area contributed by atoms with E-state index in [1.165, 1.54) is 0 Å². The molecular formula is C40H44FeN4O12. The minimum absolute atomic E-state index is 0. The normalized spacial score (nSPS) is 20.7. The van der Waals surface area contributed by atoms with E-state index in [1.54, 1.807) is 52.0 Å². The van der Waals surface area contributed by atoms with Crippen LogP contribution in [0.15, 0.2) is 24.3 Å². The van der Waals surface area contributed by atoms with Gasteiger partial charge in [-0.05, 0) is 62.0 Å². The maximum Gasteiger partial charge on any atom is 2.00 e. The number of nitrogens with zero attached hydrogens (tertiary/aromatic N) is 4. The maximum atomic E-state index is 12.5. The molecule has 0 aromatic carbocycles. The molecular weight excluding hydrogens is 784 g/mol. The number of aromatic nitrogens is 4. The predicted molar refractivity (Wildman–Crippen MR) is 199 cm³/mol. The fraction of sp³-hybridized carbons (Fsp3) is 0.450. The van der Waals surface area contributed by atoms with Gasteiger partial charge in [-0.2, -0.15) is 11.4 Å². The molecule has 0 aliphatic carbocycles. The Morgan fingerprint density at radius 2 is 1.19 bits per heavy atom. The second kappa shape index (κ2) is 17.3. The Balaban J connectivity index is 0.00000720. The third kappa shape index (κ3) is 9.37. The van der Waals surface area contributed by atoms with E-state index >= 15 is 0 Å².